The summed E-state index contributed by atoms with van der Waals surface area (Å²) in [5.74, 6) is 1.77. The summed E-state index contributed by atoms with van der Waals surface area (Å²) in [5.41, 5.74) is 4.00. The average Bonchev–Trinajstić information content (AvgIpc) is 3.37. The van der Waals surface area contributed by atoms with Crippen LogP contribution in [0.25, 0.3) is 28.2 Å². The zero-order valence-electron chi connectivity index (χ0n) is 19.9. The van der Waals surface area contributed by atoms with Crippen LogP contribution in [-0.4, -0.2) is 31.5 Å². The van der Waals surface area contributed by atoms with Gasteiger partial charge in [-0.05, 0) is 26.0 Å². The molecule has 1 saturated heterocycles. The number of allylic oxidation sites excluding steroid dienone is 3. The van der Waals surface area contributed by atoms with E-state index in [1.54, 1.807) is 17.0 Å². The molecule has 8 nitrogen and oxygen atoms in total. The van der Waals surface area contributed by atoms with E-state index in [2.05, 4.69) is 10.1 Å². The summed E-state index contributed by atoms with van der Waals surface area (Å²) in [6.07, 6.45) is 10.4. The van der Waals surface area contributed by atoms with Crippen LogP contribution in [0.3, 0.4) is 0 Å². The summed E-state index contributed by atoms with van der Waals surface area (Å²) < 4.78 is 12.8. The lowest BCUT2D eigenvalue weighted by molar-refractivity contribution is 0.131. The van der Waals surface area contributed by atoms with Crippen LogP contribution < -0.4 is 5.49 Å². The largest absolute Gasteiger partial charge is 0.498 e. The van der Waals surface area contributed by atoms with E-state index in [-0.39, 0.29) is 10.7 Å². The van der Waals surface area contributed by atoms with Gasteiger partial charge in [0.1, 0.15) is 10.2 Å². The van der Waals surface area contributed by atoms with Gasteiger partial charge in [0.2, 0.25) is 11.7 Å². The van der Waals surface area contributed by atoms with Crippen molar-refractivity contribution in [3.8, 4) is 11.4 Å². The summed E-state index contributed by atoms with van der Waals surface area (Å²) >= 11 is 1.34. The monoisotopic (exact) mass is 496 g/mol. The van der Waals surface area contributed by atoms with Gasteiger partial charge in [0.25, 0.3) is 0 Å². The third-order valence-corrected chi connectivity index (χ3v) is 8.02. The number of aryl methyl sites for hydroxylation is 1. The molecule has 1 aromatic carbocycles. The Morgan fingerprint density at radius 3 is 2.75 bits per heavy atom. The van der Waals surface area contributed by atoms with Crippen molar-refractivity contribution >= 4 is 33.8 Å². The molecule has 1 atom stereocenters. The third-order valence-electron chi connectivity index (χ3n) is 6.73. The highest BCUT2D eigenvalue weighted by Crippen LogP contribution is 2.48. The normalized spacial score (nSPS) is 19.5. The van der Waals surface area contributed by atoms with Gasteiger partial charge in [0, 0.05) is 52.8 Å². The molecule has 180 valence electrons. The van der Waals surface area contributed by atoms with Gasteiger partial charge >= 0.3 is 0 Å². The van der Waals surface area contributed by atoms with Crippen molar-refractivity contribution < 1.29 is 9.26 Å². The maximum atomic E-state index is 9.17. The third kappa shape index (κ3) is 3.67. The van der Waals surface area contributed by atoms with Crippen molar-refractivity contribution in [2.45, 2.75) is 31.4 Å². The smallest absolute Gasteiger partial charge is 0.244 e. The molecule has 1 fully saturated rings. The molecule has 2 N–H and O–H groups in total. The molecule has 0 radical (unpaired) electrons. The van der Waals surface area contributed by atoms with E-state index in [0.29, 0.717) is 31.2 Å². The SMILES string of the molecule is Cc1ccc(-c2noc(C34CCOC(=CC=Cc5c(C)n(c(=N)c6ccncc56)C(=N)S3)C4)n2)cc1. The highest BCUT2D eigenvalue weighted by molar-refractivity contribution is 8.14. The van der Waals surface area contributed by atoms with Crippen molar-refractivity contribution in [2.24, 2.45) is 0 Å². The van der Waals surface area contributed by atoms with Crippen LogP contribution in [-0.2, 0) is 9.48 Å². The summed E-state index contributed by atoms with van der Waals surface area (Å²) in [7, 11) is 0. The van der Waals surface area contributed by atoms with Crippen molar-refractivity contribution in [2.75, 3.05) is 6.61 Å². The molecular weight excluding hydrogens is 472 g/mol. The second-order valence-corrected chi connectivity index (χ2v) is 10.4. The number of thioether (sulfide) groups is 1. The van der Waals surface area contributed by atoms with Crippen LogP contribution >= 0.6 is 11.8 Å². The first kappa shape index (κ1) is 22.5. The van der Waals surface area contributed by atoms with Gasteiger partial charge in [-0.25, -0.2) is 0 Å². The summed E-state index contributed by atoms with van der Waals surface area (Å²) in [4.78, 5) is 9.07. The van der Waals surface area contributed by atoms with Gasteiger partial charge in [-0.1, -0.05) is 58.9 Å². The zero-order valence-corrected chi connectivity index (χ0v) is 20.7. The van der Waals surface area contributed by atoms with Crippen LogP contribution in [0.1, 0.15) is 35.6 Å². The van der Waals surface area contributed by atoms with E-state index in [1.807, 2.05) is 62.4 Å². The molecule has 1 unspecified atom stereocenters. The van der Waals surface area contributed by atoms with Crippen LogP contribution in [0.2, 0.25) is 0 Å². The van der Waals surface area contributed by atoms with Crippen molar-refractivity contribution in [1.82, 2.24) is 19.7 Å². The van der Waals surface area contributed by atoms with E-state index < -0.39 is 4.75 Å². The van der Waals surface area contributed by atoms with E-state index in [9.17, 15) is 0 Å². The minimum Gasteiger partial charge on any atom is -0.498 e. The molecule has 2 aliphatic heterocycles. The van der Waals surface area contributed by atoms with E-state index >= 15 is 0 Å². The fourth-order valence-electron chi connectivity index (χ4n) is 4.78. The number of aromatic nitrogens is 4. The lowest BCUT2D eigenvalue weighted by Crippen LogP contribution is -2.35. The molecule has 0 amide bonds. The highest BCUT2D eigenvalue weighted by Gasteiger charge is 2.44. The minimum atomic E-state index is -0.700. The van der Waals surface area contributed by atoms with Gasteiger partial charge in [-0.3, -0.25) is 20.4 Å². The lowest BCUT2D eigenvalue weighted by Gasteiger charge is -2.34. The molecule has 9 heteroatoms. The van der Waals surface area contributed by atoms with Gasteiger partial charge in [-0.2, -0.15) is 4.98 Å². The summed E-state index contributed by atoms with van der Waals surface area (Å²) in [5, 5.41) is 24.2. The Morgan fingerprint density at radius 1 is 1.08 bits per heavy atom. The molecule has 0 spiro atoms. The van der Waals surface area contributed by atoms with Crippen LogP contribution in [0, 0.1) is 24.7 Å². The first-order valence-corrected chi connectivity index (χ1v) is 12.5. The number of fused-ring (bicyclic) bond motifs is 6. The van der Waals surface area contributed by atoms with Gasteiger partial charge in [-0.15, -0.1) is 0 Å². The second-order valence-electron chi connectivity index (χ2n) is 9.06. The average molecular weight is 497 g/mol. The van der Waals surface area contributed by atoms with Crippen molar-refractivity contribution in [3.05, 3.63) is 88.8 Å². The lowest BCUT2D eigenvalue weighted by atomic mass is 9.96. The Labute approximate surface area is 211 Å². The number of nitrogens with zero attached hydrogens (tertiary/aromatic N) is 4. The molecule has 4 aromatic rings. The van der Waals surface area contributed by atoms with Crippen LogP contribution in [0.4, 0.5) is 0 Å². The maximum absolute atomic E-state index is 9.17. The summed E-state index contributed by atoms with van der Waals surface area (Å²) in [6.45, 7) is 4.43. The zero-order chi connectivity index (χ0) is 24.9. The topological polar surface area (TPSA) is 114 Å². The number of rotatable bonds is 2. The fourth-order valence-corrected chi connectivity index (χ4v) is 6.04. The van der Waals surface area contributed by atoms with Crippen LogP contribution in [0.5, 0.6) is 0 Å². The molecule has 36 heavy (non-hydrogen) atoms. The number of hydrogen-bond donors (Lipinski definition) is 2. The highest BCUT2D eigenvalue weighted by atomic mass is 32.2. The van der Waals surface area contributed by atoms with Crippen LogP contribution in [0.15, 0.2) is 65.2 Å². The number of pyridine rings is 2. The number of benzene rings is 1. The summed E-state index contributed by atoms with van der Waals surface area (Å²) in [6, 6.07) is 9.82. The minimum absolute atomic E-state index is 0.226. The molecule has 0 aliphatic carbocycles. The Bertz CT molecular complexity index is 1630. The van der Waals surface area contributed by atoms with E-state index in [4.69, 9.17) is 25.1 Å². The Kier molecular flexibility index (Phi) is 5.37. The Balaban J connectivity index is 1.51. The molecular formula is C27H24N6O2S. The van der Waals surface area contributed by atoms with Gasteiger partial charge in [0.15, 0.2) is 5.17 Å². The second kappa shape index (κ2) is 8.60. The van der Waals surface area contributed by atoms with Crippen molar-refractivity contribution in [3.63, 3.8) is 0 Å². The predicted octanol–water partition coefficient (Wildman–Crippen LogP) is 5.32. The number of ether oxygens (including phenoxy) is 1. The maximum Gasteiger partial charge on any atom is 0.244 e. The van der Waals surface area contributed by atoms with Gasteiger partial charge in [0.05, 0.1) is 12.4 Å². The molecule has 6 rings (SSSR count). The molecule has 3 aromatic heterocycles. The predicted molar refractivity (Wildman–Crippen MR) is 139 cm³/mol. The Morgan fingerprint density at radius 2 is 1.92 bits per heavy atom. The molecule has 5 heterocycles. The quantitative estimate of drug-likeness (QED) is 0.388. The molecule has 0 saturated carbocycles. The van der Waals surface area contributed by atoms with Crippen molar-refractivity contribution in [1.29, 1.82) is 10.8 Å². The molecule has 4 bridgehead atoms. The fraction of sp³-hybridized carbons (Fsp3) is 0.222. The number of nitrogens with one attached hydrogen (secondary N) is 2. The van der Waals surface area contributed by atoms with Gasteiger partial charge < -0.3 is 9.26 Å². The Hall–Kier alpha value is -3.98. The molecule has 2 aliphatic rings. The first-order valence-electron chi connectivity index (χ1n) is 11.7. The number of hydrogen-bond acceptors (Lipinski definition) is 8. The first-order chi connectivity index (χ1) is 17.4. The van der Waals surface area contributed by atoms with E-state index in [0.717, 1.165) is 38.9 Å². The van der Waals surface area contributed by atoms with E-state index in [1.165, 1.54) is 11.8 Å². The standard InChI is InChI=1S/C27H24N6O2S/c1-16-6-8-18(9-7-16)24-31-25(35-32-24)27-11-13-34-19(14-27)4-3-5-20-17(2)33(26(29)36-27)23(28)21-10-12-30-15-22(20)21/h3-10,12,15,28-29H,11,13-14H2,1-2H3.